The largest absolute Gasteiger partial charge is 0.309 e. The van der Waals surface area contributed by atoms with Crippen LogP contribution in [0.4, 0.5) is 0 Å². The molecule has 4 heteroatoms. The summed E-state index contributed by atoms with van der Waals surface area (Å²) < 4.78 is 4.74. The van der Waals surface area contributed by atoms with Crippen LogP contribution in [-0.2, 0) is 0 Å². The summed E-state index contributed by atoms with van der Waals surface area (Å²) in [6.45, 7) is 0. The second-order valence-corrected chi connectivity index (χ2v) is 13.4. The maximum absolute atomic E-state index is 5.45. The molecule has 0 atom stereocenters. The van der Waals surface area contributed by atoms with Crippen molar-refractivity contribution in [1.82, 2.24) is 19.1 Å². The maximum atomic E-state index is 5.45. The van der Waals surface area contributed by atoms with Crippen molar-refractivity contribution in [3.63, 3.8) is 0 Å². The predicted molar refractivity (Wildman–Crippen MR) is 217 cm³/mol. The zero-order valence-electron chi connectivity index (χ0n) is 28.1. The van der Waals surface area contributed by atoms with Crippen LogP contribution in [-0.4, -0.2) is 19.1 Å². The van der Waals surface area contributed by atoms with E-state index in [2.05, 4.69) is 179 Å². The van der Waals surface area contributed by atoms with Gasteiger partial charge in [-0.15, -0.1) is 0 Å². The molecule has 3 heterocycles. The summed E-state index contributed by atoms with van der Waals surface area (Å²) in [5, 5.41) is 7.29. The Labute approximate surface area is 299 Å². The normalized spacial score (nSPS) is 11.8. The van der Waals surface area contributed by atoms with Crippen molar-refractivity contribution in [2.45, 2.75) is 0 Å². The number of benzene rings is 8. The highest BCUT2D eigenvalue weighted by Gasteiger charge is 2.23. The third kappa shape index (κ3) is 4.28. The van der Waals surface area contributed by atoms with Crippen LogP contribution >= 0.6 is 0 Å². The molecule has 52 heavy (non-hydrogen) atoms. The van der Waals surface area contributed by atoms with Crippen molar-refractivity contribution in [1.29, 1.82) is 0 Å². The molecule has 0 unspecified atom stereocenters. The smallest absolute Gasteiger partial charge is 0.165 e. The quantitative estimate of drug-likeness (QED) is 0.188. The molecule has 242 valence electrons. The molecule has 0 bridgehead atoms. The summed E-state index contributed by atoms with van der Waals surface area (Å²) in [6.07, 6.45) is 0. The lowest BCUT2D eigenvalue weighted by molar-refractivity contribution is 1.08. The molecule has 11 rings (SSSR count). The fourth-order valence-corrected chi connectivity index (χ4v) is 8.12. The molecule has 0 spiro atoms. The molecule has 0 saturated carbocycles. The van der Waals surface area contributed by atoms with Gasteiger partial charge in [0.1, 0.15) is 5.69 Å². The van der Waals surface area contributed by atoms with Gasteiger partial charge in [-0.25, -0.2) is 9.97 Å². The highest BCUT2D eigenvalue weighted by molar-refractivity contribution is 6.25. The van der Waals surface area contributed by atoms with Crippen molar-refractivity contribution >= 4 is 65.4 Å². The molecule has 0 amide bonds. The van der Waals surface area contributed by atoms with E-state index in [9.17, 15) is 0 Å². The molecule has 4 nitrogen and oxygen atoms in total. The second kappa shape index (κ2) is 11.2. The SMILES string of the molecule is c1ccc(-c2ccc(-c3nc4ccccc4nc3-n3c4cc5c(cc4c4c6ccccc6ccc43)c3ccccc3n5-c3ccccc3)cc2)cc1. The molecule has 0 aliphatic rings. The molecular weight excluding hydrogens is 633 g/mol. The summed E-state index contributed by atoms with van der Waals surface area (Å²) in [5.41, 5.74) is 11.6. The van der Waals surface area contributed by atoms with Crippen LogP contribution in [0.15, 0.2) is 182 Å². The Kier molecular flexibility index (Phi) is 6.22. The van der Waals surface area contributed by atoms with E-state index >= 15 is 0 Å². The van der Waals surface area contributed by atoms with Crippen LogP contribution in [0.2, 0.25) is 0 Å². The van der Waals surface area contributed by atoms with Crippen LogP contribution < -0.4 is 0 Å². The number of para-hydroxylation sites is 4. The Morgan fingerprint density at radius 2 is 0.962 bits per heavy atom. The summed E-state index contributed by atoms with van der Waals surface area (Å²) >= 11 is 0. The van der Waals surface area contributed by atoms with Crippen molar-refractivity contribution in [3.05, 3.63) is 182 Å². The molecule has 0 saturated heterocycles. The van der Waals surface area contributed by atoms with Crippen LogP contribution in [0.25, 0.3) is 99.3 Å². The van der Waals surface area contributed by atoms with Gasteiger partial charge in [0.2, 0.25) is 0 Å². The predicted octanol–water partition coefficient (Wildman–Crippen LogP) is 12.3. The molecule has 0 radical (unpaired) electrons. The van der Waals surface area contributed by atoms with Gasteiger partial charge < -0.3 is 4.57 Å². The van der Waals surface area contributed by atoms with Crippen LogP contribution in [0.3, 0.4) is 0 Å². The van der Waals surface area contributed by atoms with Gasteiger partial charge in [-0.05, 0) is 70.4 Å². The third-order valence-corrected chi connectivity index (χ3v) is 10.5. The minimum atomic E-state index is 0.808. The number of nitrogens with zero attached hydrogens (tertiary/aromatic N) is 4. The number of rotatable bonds is 4. The molecule has 0 fully saturated rings. The van der Waals surface area contributed by atoms with Crippen LogP contribution in [0, 0.1) is 0 Å². The van der Waals surface area contributed by atoms with Gasteiger partial charge in [-0.3, -0.25) is 4.57 Å². The van der Waals surface area contributed by atoms with Gasteiger partial charge >= 0.3 is 0 Å². The lowest BCUT2D eigenvalue weighted by Gasteiger charge is -2.14. The first-order valence-corrected chi connectivity index (χ1v) is 17.7. The third-order valence-electron chi connectivity index (χ3n) is 10.5. The summed E-state index contributed by atoms with van der Waals surface area (Å²) in [6, 6.07) is 64.8. The standard InChI is InChI=1S/C48H30N4/c1-3-13-31(14-4-1)32-23-25-34(26-24-32)47-48(50-41-21-11-10-20-40(41)49-47)52-43-28-27-33-15-7-8-18-36(33)46(43)39-29-38-37-19-9-12-22-42(37)51(44(38)30-45(39)52)35-16-5-2-6-17-35/h1-30H. The zero-order chi connectivity index (χ0) is 34.2. The van der Waals surface area contributed by atoms with Crippen molar-refractivity contribution in [2.75, 3.05) is 0 Å². The van der Waals surface area contributed by atoms with Crippen molar-refractivity contribution < 1.29 is 0 Å². The van der Waals surface area contributed by atoms with Crippen LogP contribution in [0.5, 0.6) is 0 Å². The first kappa shape index (κ1) is 28.8. The van der Waals surface area contributed by atoms with E-state index in [1.54, 1.807) is 0 Å². The van der Waals surface area contributed by atoms with Gasteiger partial charge in [0, 0.05) is 32.8 Å². The van der Waals surface area contributed by atoms with Gasteiger partial charge in [0.05, 0.1) is 33.1 Å². The fraction of sp³-hybridized carbons (Fsp3) is 0. The lowest BCUT2D eigenvalue weighted by Crippen LogP contribution is -2.04. The summed E-state index contributed by atoms with van der Waals surface area (Å²) in [5.74, 6) is 0.808. The minimum absolute atomic E-state index is 0.808. The van der Waals surface area contributed by atoms with E-state index in [-0.39, 0.29) is 0 Å². The Morgan fingerprint density at radius 1 is 0.346 bits per heavy atom. The van der Waals surface area contributed by atoms with Crippen molar-refractivity contribution in [2.24, 2.45) is 0 Å². The van der Waals surface area contributed by atoms with Gasteiger partial charge in [0.25, 0.3) is 0 Å². The number of fused-ring (bicyclic) bond motifs is 9. The monoisotopic (exact) mass is 662 g/mol. The fourth-order valence-electron chi connectivity index (χ4n) is 8.12. The van der Waals surface area contributed by atoms with E-state index in [0.29, 0.717) is 0 Å². The Hall–Kier alpha value is -7.04. The van der Waals surface area contributed by atoms with E-state index in [4.69, 9.17) is 9.97 Å². The Bertz CT molecular complexity index is 3160. The zero-order valence-corrected chi connectivity index (χ0v) is 28.1. The molecule has 0 aliphatic heterocycles. The van der Waals surface area contributed by atoms with E-state index in [1.807, 2.05) is 12.1 Å². The molecule has 11 aromatic rings. The summed E-state index contributed by atoms with van der Waals surface area (Å²) in [4.78, 5) is 10.8. The highest BCUT2D eigenvalue weighted by Crippen LogP contribution is 2.43. The van der Waals surface area contributed by atoms with E-state index < -0.39 is 0 Å². The lowest BCUT2D eigenvalue weighted by atomic mass is 10.0. The molecule has 0 aliphatic carbocycles. The average Bonchev–Trinajstić information content (AvgIpc) is 3.72. The van der Waals surface area contributed by atoms with Crippen LogP contribution in [0.1, 0.15) is 0 Å². The Morgan fingerprint density at radius 3 is 1.77 bits per heavy atom. The number of hydrogen-bond donors (Lipinski definition) is 0. The van der Waals surface area contributed by atoms with E-state index in [0.717, 1.165) is 50.3 Å². The topological polar surface area (TPSA) is 35.6 Å². The van der Waals surface area contributed by atoms with Gasteiger partial charge in [0.15, 0.2) is 5.82 Å². The van der Waals surface area contributed by atoms with E-state index in [1.165, 1.54) is 49.0 Å². The maximum Gasteiger partial charge on any atom is 0.165 e. The molecule has 0 N–H and O–H groups in total. The molecule has 8 aromatic carbocycles. The first-order valence-electron chi connectivity index (χ1n) is 17.7. The number of aromatic nitrogens is 4. The highest BCUT2D eigenvalue weighted by atomic mass is 15.1. The minimum Gasteiger partial charge on any atom is -0.309 e. The Balaban J connectivity index is 1.28. The first-order chi connectivity index (χ1) is 25.8. The van der Waals surface area contributed by atoms with Crippen molar-refractivity contribution in [3.8, 4) is 33.9 Å². The van der Waals surface area contributed by atoms with Gasteiger partial charge in [-0.2, -0.15) is 0 Å². The second-order valence-electron chi connectivity index (χ2n) is 13.4. The number of hydrogen-bond acceptors (Lipinski definition) is 2. The van der Waals surface area contributed by atoms with Gasteiger partial charge in [-0.1, -0.05) is 133 Å². The molecular formula is C48H30N4. The average molecular weight is 663 g/mol. The summed E-state index contributed by atoms with van der Waals surface area (Å²) in [7, 11) is 0. The molecule has 3 aromatic heterocycles.